The molecular weight excluding hydrogens is 297 g/mol. The van der Waals surface area contributed by atoms with Crippen LogP contribution in [0.15, 0.2) is 18.2 Å². The van der Waals surface area contributed by atoms with Gasteiger partial charge in [0.15, 0.2) is 0 Å². The molecular formula is C15H17F3N2O2. The van der Waals surface area contributed by atoms with Gasteiger partial charge in [0.2, 0.25) is 5.91 Å². The molecule has 1 fully saturated rings. The average Bonchev–Trinajstić information content (AvgIpc) is 2.70. The Morgan fingerprint density at radius 3 is 2.68 bits per heavy atom. The molecule has 1 saturated heterocycles. The van der Waals surface area contributed by atoms with Crippen molar-refractivity contribution in [3.05, 3.63) is 34.9 Å². The molecule has 1 aliphatic rings. The minimum atomic E-state index is -4.43. The Bertz CT molecular complexity index is 599. The van der Waals surface area contributed by atoms with Crippen LogP contribution in [0.5, 0.6) is 0 Å². The second-order valence-corrected chi connectivity index (χ2v) is 5.51. The maximum absolute atomic E-state index is 12.4. The van der Waals surface area contributed by atoms with E-state index in [4.69, 9.17) is 0 Å². The molecule has 1 aromatic rings. The lowest BCUT2D eigenvalue weighted by Gasteiger charge is -2.19. The Hall–Kier alpha value is -2.05. The van der Waals surface area contributed by atoms with Crippen LogP contribution in [0.3, 0.4) is 0 Å². The van der Waals surface area contributed by atoms with E-state index < -0.39 is 24.7 Å². The highest BCUT2D eigenvalue weighted by atomic mass is 19.4. The van der Waals surface area contributed by atoms with Gasteiger partial charge in [-0.25, -0.2) is 0 Å². The normalized spacial score (nSPS) is 18.7. The van der Waals surface area contributed by atoms with Crippen molar-refractivity contribution in [1.82, 2.24) is 10.2 Å². The number of likely N-dealkylation sites (tertiary alicyclic amines) is 1. The zero-order valence-corrected chi connectivity index (χ0v) is 12.3. The number of aryl methyl sites for hydroxylation is 1. The van der Waals surface area contributed by atoms with E-state index in [1.165, 1.54) is 0 Å². The van der Waals surface area contributed by atoms with E-state index in [1.54, 1.807) is 19.1 Å². The van der Waals surface area contributed by atoms with Gasteiger partial charge < -0.3 is 10.2 Å². The Morgan fingerprint density at radius 2 is 2.05 bits per heavy atom. The first-order chi connectivity index (χ1) is 10.2. The van der Waals surface area contributed by atoms with Crippen LogP contribution in [-0.2, 0) is 4.79 Å². The van der Waals surface area contributed by atoms with Gasteiger partial charge in [-0.15, -0.1) is 0 Å². The summed E-state index contributed by atoms with van der Waals surface area (Å²) in [5, 5.41) is 2.64. The van der Waals surface area contributed by atoms with Crippen molar-refractivity contribution >= 4 is 11.8 Å². The van der Waals surface area contributed by atoms with Gasteiger partial charge in [0.1, 0.15) is 6.54 Å². The number of benzene rings is 1. The quantitative estimate of drug-likeness (QED) is 0.930. The minimum Gasteiger partial charge on any atom is -0.347 e. The van der Waals surface area contributed by atoms with Crippen molar-refractivity contribution in [2.24, 2.45) is 0 Å². The third-order valence-corrected chi connectivity index (χ3v) is 3.77. The summed E-state index contributed by atoms with van der Waals surface area (Å²) in [5.74, 6) is -0.962. The number of hydrogen-bond acceptors (Lipinski definition) is 2. The second kappa shape index (κ2) is 5.98. The van der Waals surface area contributed by atoms with E-state index >= 15 is 0 Å². The zero-order valence-electron chi connectivity index (χ0n) is 12.3. The Labute approximate surface area is 126 Å². The minimum absolute atomic E-state index is 0.104. The van der Waals surface area contributed by atoms with Crippen LogP contribution in [0, 0.1) is 13.8 Å². The number of hydrogen-bond donors (Lipinski definition) is 1. The first-order valence-electron chi connectivity index (χ1n) is 6.89. The van der Waals surface area contributed by atoms with Crippen LogP contribution in [0.2, 0.25) is 0 Å². The van der Waals surface area contributed by atoms with Crippen LogP contribution in [0.4, 0.5) is 13.2 Å². The summed E-state index contributed by atoms with van der Waals surface area (Å²) < 4.78 is 37.1. The third-order valence-electron chi connectivity index (χ3n) is 3.77. The van der Waals surface area contributed by atoms with E-state index in [2.05, 4.69) is 5.32 Å². The number of halogens is 3. The highest BCUT2D eigenvalue weighted by Crippen LogP contribution is 2.21. The van der Waals surface area contributed by atoms with Crippen molar-refractivity contribution in [2.45, 2.75) is 32.5 Å². The van der Waals surface area contributed by atoms with Crippen molar-refractivity contribution in [2.75, 3.05) is 13.1 Å². The fourth-order valence-corrected chi connectivity index (χ4v) is 2.50. The number of nitrogens with zero attached hydrogens (tertiary/aromatic N) is 1. The average molecular weight is 314 g/mol. The fourth-order valence-electron chi connectivity index (χ4n) is 2.50. The van der Waals surface area contributed by atoms with Crippen LogP contribution >= 0.6 is 0 Å². The van der Waals surface area contributed by atoms with Crippen LogP contribution < -0.4 is 5.32 Å². The highest BCUT2D eigenvalue weighted by Gasteiger charge is 2.38. The number of nitrogens with one attached hydrogen (secondary N) is 1. The van der Waals surface area contributed by atoms with Gasteiger partial charge in [0, 0.05) is 18.5 Å². The van der Waals surface area contributed by atoms with Gasteiger partial charge >= 0.3 is 6.18 Å². The zero-order chi connectivity index (χ0) is 16.5. The molecule has 0 unspecified atom stereocenters. The number of rotatable bonds is 3. The van der Waals surface area contributed by atoms with Crippen molar-refractivity contribution in [3.8, 4) is 0 Å². The molecule has 0 aliphatic carbocycles. The maximum Gasteiger partial charge on any atom is 0.406 e. The molecule has 1 heterocycles. The Balaban J connectivity index is 2.02. The van der Waals surface area contributed by atoms with Gasteiger partial charge in [-0.05, 0) is 31.0 Å². The van der Waals surface area contributed by atoms with Gasteiger partial charge in [0.25, 0.3) is 5.91 Å². The van der Waals surface area contributed by atoms with Gasteiger partial charge in [-0.2, -0.15) is 13.2 Å². The Morgan fingerprint density at radius 1 is 1.36 bits per heavy atom. The fraction of sp³-hybridized carbons (Fsp3) is 0.467. The van der Waals surface area contributed by atoms with Crippen molar-refractivity contribution in [1.29, 1.82) is 0 Å². The smallest absolute Gasteiger partial charge is 0.347 e. The maximum atomic E-state index is 12.4. The predicted octanol–water partition coefficient (Wildman–Crippen LogP) is 2.20. The summed E-state index contributed by atoms with van der Waals surface area (Å²) >= 11 is 0. The molecule has 1 aromatic carbocycles. The molecule has 1 N–H and O–H groups in total. The van der Waals surface area contributed by atoms with E-state index in [0.29, 0.717) is 5.56 Å². The summed E-state index contributed by atoms with van der Waals surface area (Å²) in [6.45, 7) is 2.28. The van der Waals surface area contributed by atoms with E-state index in [0.717, 1.165) is 16.0 Å². The predicted molar refractivity (Wildman–Crippen MR) is 74.4 cm³/mol. The lowest BCUT2D eigenvalue weighted by molar-refractivity contribution is -0.157. The summed E-state index contributed by atoms with van der Waals surface area (Å²) in [6.07, 6.45) is -4.53. The summed E-state index contributed by atoms with van der Waals surface area (Å²) in [6, 6.07) is 4.67. The Kier molecular flexibility index (Phi) is 4.44. The van der Waals surface area contributed by atoms with Crippen molar-refractivity contribution in [3.63, 3.8) is 0 Å². The lowest BCUT2D eigenvalue weighted by atomic mass is 10.0. The number of carbonyl (C=O) groups is 2. The summed E-state index contributed by atoms with van der Waals surface area (Å²) in [4.78, 5) is 24.5. The molecule has 0 saturated carbocycles. The molecule has 0 bridgehead atoms. The molecule has 4 nitrogen and oxygen atoms in total. The molecule has 2 amide bonds. The number of carbonyl (C=O) groups excluding carboxylic acids is 2. The van der Waals surface area contributed by atoms with Crippen molar-refractivity contribution < 1.29 is 22.8 Å². The SMILES string of the molecule is Cc1cccc(C(=O)N[C@H]2CC(=O)N(CC(F)(F)F)C2)c1C. The van der Waals surface area contributed by atoms with Crippen LogP contribution in [0.25, 0.3) is 0 Å². The highest BCUT2D eigenvalue weighted by molar-refractivity contribution is 5.96. The van der Waals surface area contributed by atoms with E-state index in [1.807, 2.05) is 13.0 Å². The summed E-state index contributed by atoms with van der Waals surface area (Å²) in [7, 11) is 0. The first kappa shape index (κ1) is 16.3. The standard InChI is InChI=1S/C15H17F3N2O2/c1-9-4-3-5-12(10(9)2)14(22)19-11-6-13(21)20(7-11)8-15(16,17)18/h3-5,11H,6-8H2,1-2H3,(H,19,22)/t11-/m0/s1. The van der Waals surface area contributed by atoms with Crippen LogP contribution in [-0.4, -0.2) is 42.0 Å². The van der Waals surface area contributed by atoms with E-state index in [9.17, 15) is 22.8 Å². The molecule has 22 heavy (non-hydrogen) atoms. The second-order valence-electron chi connectivity index (χ2n) is 5.51. The molecule has 1 atom stereocenters. The molecule has 2 rings (SSSR count). The molecule has 1 aliphatic heterocycles. The number of alkyl halides is 3. The third kappa shape index (κ3) is 3.78. The largest absolute Gasteiger partial charge is 0.406 e. The van der Waals surface area contributed by atoms with Gasteiger partial charge in [-0.3, -0.25) is 9.59 Å². The molecule has 0 spiro atoms. The van der Waals surface area contributed by atoms with Gasteiger partial charge in [0.05, 0.1) is 6.04 Å². The first-order valence-corrected chi connectivity index (χ1v) is 6.89. The summed E-state index contributed by atoms with van der Waals surface area (Å²) in [5.41, 5.74) is 2.24. The molecule has 0 aromatic heterocycles. The topological polar surface area (TPSA) is 49.4 Å². The monoisotopic (exact) mass is 314 g/mol. The molecule has 7 heteroatoms. The number of amides is 2. The lowest BCUT2D eigenvalue weighted by Crippen LogP contribution is -2.40. The molecule has 120 valence electrons. The van der Waals surface area contributed by atoms with E-state index in [-0.39, 0.29) is 18.9 Å². The molecule has 0 radical (unpaired) electrons. The van der Waals surface area contributed by atoms with Gasteiger partial charge in [-0.1, -0.05) is 12.1 Å². The van der Waals surface area contributed by atoms with Crippen LogP contribution in [0.1, 0.15) is 27.9 Å².